The molecule has 0 bridgehead atoms. The van der Waals surface area contributed by atoms with E-state index in [-0.39, 0.29) is 0 Å². The van der Waals surface area contributed by atoms with Crippen molar-refractivity contribution in [2.45, 2.75) is 25.3 Å². The average molecular weight is 109 g/mol. The smallest absolute Gasteiger partial charge is 0.0351 e. The van der Waals surface area contributed by atoms with Gasteiger partial charge in [0.05, 0.1) is 0 Å². The molecule has 8 heavy (non-hydrogen) atoms. The van der Waals surface area contributed by atoms with E-state index in [2.05, 4.69) is 5.92 Å². The first-order valence-corrected chi connectivity index (χ1v) is 3.06. The van der Waals surface area contributed by atoms with Crippen molar-refractivity contribution >= 4 is 0 Å². The Labute approximate surface area is 50.3 Å². The molecule has 0 spiro atoms. The van der Waals surface area contributed by atoms with Crippen molar-refractivity contribution in [3.05, 3.63) is 0 Å². The highest BCUT2D eigenvalue weighted by atomic mass is 14.7. The number of hydrogen-bond acceptors (Lipinski definition) is 1. The predicted octanol–water partition coefficient (Wildman–Crippen LogP) is 0.747. The van der Waals surface area contributed by atoms with Gasteiger partial charge in [-0.15, -0.1) is 12.3 Å². The number of terminal acetylenes is 1. The topological polar surface area (TPSA) is 26.0 Å². The highest BCUT2D eigenvalue weighted by molar-refractivity contribution is 5.01. The minimum atomic E-state index is 0.292. The fourth-order valence-electron chi connectivity index (χ4n) is 1.20. The summed E-state index contributed by atoms with van der Waals surface area (Å²) in [4.78, 5) is 0. The Balaban J connectivity index is 2.45. The molecule has 1 aliphatic rings. The van der Waals surface area contributed by atoms with E-state index >= 15 is 0 Å². The monoisotopic (exact) mass is 109 g/mol. The Bertz CT molecular complexity index is 112. The predicted molar refractivity (Wildman–Crippen MR) is 34.1 cm³/mol. The lowest BCUT2D eigenvalue weighted by Crippen LogP contribution is -2.22. The molecule has 0 amide bonds. The maximum Gasteiger partial charge on any atom is 0.0351 e. The zero-order valence-corrected chi connectivity index (χ0v) is 4.93. The Morgan fingerprint density at radius 2 is 2.25 bits per heavy atom. The van der Waals surface area contributed by atoms with Crippen molar-refractivity contribution in [3.8, 4) is 12.3 Å². The summed E-state index contributed by atoms with van der Waals surface area (Å²) in [6.45, 7) is 0. The van der Waals surface area contributed by atoms with E-state index in [0.717, 1.165) is 12.8 Å². The summed E-state index contributed by atoms with van der Waals surface area (Å²) in [6.07, 6.45) is 8.67. The molecule has 0 aliphatic heterocycles. The minimum Gasteiger partial charge on any atom is -0.327 e. The molecule has 1 heteroatoms. The van der Waals surface area contributed by atoms with Gasteiger partial charge in [0.25, 0.3) is 0 Å². The molecule has 1 rings (SSSR count). The highest BCUT2D eigenvalue weighted by Gasteiger charge is 2.20. The molecule has 0 aromatic rings. The van der Waals surface area contributed by atoms with Crippen LogP contribution >= 0.6 is 0 Å². The van der Waals surface area contributed by atoms with Gasteiger partial charge in [-0.25, -0.2) is 0 Å². The molecule has 44 valence electrons. The number of rotatable bonds is 0. The second-order valence-electron chi connectivity index (χ2n) is 2.37. The average Bonchev–Trinajstić information content (AvgIpc) is 2.14. The van der Waals surface area contributed by atoms with Gasteiger partial charge in [-0.3, -0.25) is 0 Å². The summed E-state index contributed by atoms with van der Waals surface area (Å²) in [5, 5.41) is 0. The standard InChI is InChI=1S/C7H11N/c1-2-6-4-3-5-7(6)8/h1,6-7H,3-5,8H2/t6-,7-/m1/s1. The molecule has 0 radical (unpaired) electrons. The van der Waals surface area contributed by atoms with Gasteiger partial charge in [0, 0.05) is 12.0 Å². The molecule has 2 atom stereocenters. The van der Waals surface area contributed by atoms with Crippen molar-refractivity contribution in [2.24, 2.45) is 11.7 Å². The number of nitrogens with two attached hydrogens (primary N) is 1. The number of hydrogen-bond donors (Lipinski definition) is 1. The molecule has 1 fully saturated rings. The van der Waals surface area contributed by atoms with Crippen LogP contribution in [-0.2, 0) is 0 Å². The molecule has 1 saturated carbocycles. The van der Waals surface area contributed by atoms with E-state index < -0.39 is 0 Å². The van der Waals surface area contributed by atoms with Gasteiger partial charge in [0.2, 0.25) is 0 Å². The molecule has 0 aromatic carbocycles. The van der Waals surface area contributed by atoms with Crippen LogP contribution in [0.25, 0.3) is 0 Å². The fourth-order valence-corrected chi connectivity index (χ4v) is 1.20. The summed E-state index contributed by atoms with van der Waals surface area (Å²) in [5.41, 5.74) is 5.65. The van der Waals surface area contributed by atoms with Crippen molar-refractivity contribution in [1.29, 1.82) is 0 Å². The van der Waals surface area contributed by atoms with Crippen molar-refractivity contribution in [3.63, 3.8) is 0 Å². The molecular formula is C7H11N. The van der Waals surface area contributed by atoms with Crippen molar-refractivity contribution in [2.75, 3.05) is 0 Å². The van der Waals surface area contributed by atoms with E-state index in [1.165, 1.54) is 6.42 Å². The SMILES string of the molecule is C#C[C@@H]1CCC[C@H]1N. The largest absolute Gasteiger partial charge is 0.327 e. The Kier molecular flexibility index (Phi) is 1.55. The molecule has 1 aliphatic carbocycles. The molecule has 0 unspecified atom stereocenters. The second-order valence-corrected chi connectivity index (χ2v) is 2.37. The van der Waals surface area contributed by atoms with Gasteiger partial charge < -0.3 is 5.73 Å². The van der Waals surface area contributed by atoms with Gasteiger partial charge in [0.1, 0.15) is 0 Å². The normalized spacial score (nSPS) is 37.0. The van der Waals surface area contributed by atoms with Crippen LogP contribution < -0.4 is 5.73 Å². The summed E-state index contributed by atoms with van der Waals surface area (Å²) in [5.74, 6) is 3.06. The summed E-state index contributed by atoms with van der Waals surface area (Å²) < 4.78 is 0. The first-order valence-electron chi connectivity index (χ1n) is 3.06. The minimum absolute atomic E-state index is 0.292. The van der Waals surface area contributed by atoms with E-state index in [1.54, 1.807) is 0 Å². The van der Waals surface area contributed by atoms with E-state index in [9.17, 15) is 0 Å². The molecule has 0 heterocycles. The van der Waals surface area contributed by atoms with Crippen LogP contribution in [0.5, 0.6) is 0 Å². The van der Waals surface area contributed by atoms with Gasteiger partial charge in [0.15, 0.2) is 0 Å². The van der Waals surface area contributed by atoms with Crippen LogP contribution in [-0.4, -0.2) is 6.04 Å². The van der Waals surface area contributed by atoms with E-state index in [1.807, 2.05) is 0 Å². The van der Waals surface area contributed by atoms with Crippen LogP contribution in [0.3, 0.4) is 0 Å². The van der Waals surface area contributed by atoms with Crippen LogP contribution in [0.2, 0.25) is 0 Å². The first-order chi connectivity index (χ1) is 3.84. The van der Waals surface area contributed by atoms with Crippen molar-refractivity contribution in [1.82, 2.24) is 0 Å². The van der Waals surface area contributed by atoms with Crippen LogP contribution in [0.15, 0.2) is 0 Å². The molecular weight excluding hydrogens is 98.1 g/mol. The lowest BCUT2D eigenvalue weighted by atomic mass is 10.1. The van der Waals surface area contributed by atoms with Crippen LogP contribution in [0.1, 0.15) is 19.3 Å². The Hall–Kier alpha value is -0.480. The van der Waals surface area contributed by atoms with Gasteiger partial charge in [-0.2, -0.15) is 0 Å². The van der Waals surface area contributed by atoms with Crippen LogP contribution in [0.4, 0.5) is 0 Å². The second kappa shape index (κ2) is 2.19. The van der Waals surface area contributed by atoms with E-state index in [4.69, 9.17) is 12.2 Å². The third kappa shape index (κ3) is 0.850. The van der Waals surface area contributed by atoms with Gasteiger partial charge in [-0.05, 0) is 12.8 Å². The van der Waals surface area contributed by atoms with Crippen LogP contribution in [0, 0.1) is 18.3 Å². The molecule has 0 saturated heterocycles. The summed E-state index contributed by atoms with van der Waals surface area (Å²) >= 11 is 0. The molecule has 2 N–H and O–H groups in total. The Morgan fingerprint density at radius 3 is 2.50 bits per heavy atom. The molecule has 0 aromatic heterocycles. The van der Waals surface area contributed by atoms with E-state index in [0.29, 0.717) is 12.0 Å². The first kappa shape index (κ1) is 5.65. The van der Waals surface area contributed by atoms with Gasteiger partial charge >= 0.3 is 0 Å². The Morgan fingerprint density at radius 1 is 1.50 bits per heavy atom. The van der Waals surface area contributed by atoms with Gasteiger partial charge in [-0.1, -0.05) is 6.42 Å². The highest BCUT2D eigenvalue weighted by Crippen LogP contribution is 2.22. The third-order valence-electron chi connectivity index (χ3n) is 1.78. The lowest BCUT2D eigenvalue weighted by molar-refractivity contribution is 0.600. The maximum absolute atomic E-state index is 5.65. The summed E-state index contributed by atoms with van der Waals surface area (Å²) in [6, 6.07) is 0.292. The third-order valence-corrected chi connectivity index (χ3v) is 1.78. The zero-order valence-electron chi connectivity index (χ0n) is 4.93. The fraction of sp³-hybridized carbons (Fsp3) is 0.714. The quantitative estimate of drug-likeness (QED) is 0.456. The zero-order chi connectivity index (χ0) is 5.98. The van der Waals surface area contributed by atoms with Crippen molar-refractivity contribution < 1.29 is 0 Å². The summed E-state index contributed by atoms with van der Waals surface area (Å²) in [7, 11) is 0. The maximum atomic E-state index is 5.65. The lowest BCUT2D eigenvalue weighted by Gasteiger charge is -2.04. The molecule has 1 nitrogen and oxygen atoms in total.